The van der Waals surface area contributed by atoms with Crippen LogP contribution in [-0.4, -0.2) is 36.6 Å². The molecule has 32 heavy (non-hydrogen) atoms. The number of anilines is 1. The Hall–Kier alpha value is -2.78. The topological polar surface area (TPSA) is 110 Å². The van der Waals surface area contributed by atoms with Crippen molar-refractivity contribution in [3.05, 3.63) is 63.2 Å². The normalized spacial score (nSPS) is 17.5. The number of sulfonamides is 1. The molecular formula is C23H27N3O5S. The van der Waals surface area contributed by atoms with Gasteiger partial charge in [-0.3, -0.25) is 14.9 Å². The van der Waals surface area contributed by atoms with Gasteiger partial charge in [-0.05, 0) is 74.3 Å². The fourth-order valence-corrected chi connectivity index (χ4v) is 5.99. The van der Waals surface area contributed by atoms with Crippen LogP contribution in [0.4, 0.5) is 11.4 Å². The minimum atomic E-state index is -3.60. The summed E-state index contributed by atoms with van der Waals surface area (Å²) in [4.78, 5) is 23.6. The summed E-state index contributed by atoms with van der Waals surface area (Å²) in [6.07, 6.45) is 4.96. The maximum Gasteiger partial charge on any atom is 0.271 e. The minimum Gasteiger partial charge on any atom is -0.325 e. The fourth-order valence-electron chi connectivity index (χ4n) is 4.47. The molecule has 0 bridgehead atoms. The van der Waals surface area contributed by atoms with E-state index in [2.05, 4.69) is 5.32 Å². The number of fused-ring (bicyclic) bond motifs is 1. The van der Waals surface area contributed by atoms with Gasteiger partial charge in [0.15, 0.2) is 0 Å². The van der Waals surface area contributed by atoms with Crippen molar-refractivity contribution in [2.75, 3.05) is 18.4 Å². The second-order valence-electron chi connectivity index (χ2n) is 8.56. The summed E-state index contributed by atoms with van der Waals surface area (Å²) in [5.41, 5.74) is 3.42. The molecule has 1 amide bonds. The number of hydrogen-bond acceptors (Lipinski definition) is 5. The quantitative estimate of drug-likeness (QED) is 0.542. The second kappa shape index (κ2) is 8.99. The van der Waals surface area contributed by atoms with Crippen LogP contribution in [0.1, 0.15) is 42.4 Å². The van der Waals surface area contributed by atoms with Crippen LogP contribution < -0.4 is 5.32 Å². The first-order valence-corrected chi connectivity index (χ1v) is 12.4. The lowest BCUT2D eigenvalue weighted by Gasteiger charge is -2.31. The molecule has 1 aliphatic carbocycles. The van der Waals surface area contributed by atoms with Gasteiger partial charge in [0.1, 0.15) is 0 Å². The average molecular weight is 458 g/mol. The van der Waals surface area contributed by atoms with Gasteiger partial charge in [0, 0.05) is 31.1 Å². The monoisotopic (exact) mass is 457 g/mol. The fraction of sp³-hybridized carbons (Fsp3) is 0.435. The van der Waals surface area contributed by atoms with E-state index in [4.69, 9.17) is 0 Å². The number of nitro groups is 1. The first-order chi connectivity index (χ1) is 15.3. The Morgan fingerprint density at radius 3 is 2.44 bits per heavy atom. The van der Waals surface area contributed by atoms with E-state index in [1.807, 2.05) is 12.1 Å². The lowest BCUT2D eigenvalue weighted by atomic mass is 9.92. The molecule has 170 valence electrons. The summed E-state index contributed by atoms with van der Waals surface area (Å²) in [7, 11) is -3.60. The summed E-state index contributed by atoms with van der Waals surface area (Å²) in [5.74, 6) is -0.580. The zero-order chi connectivity index (χ0) is 22.9. The van der Waals surface area contributed by atoms with Gasteiger partial charge in [-0.15, -0.1) is 0 Å². The number of carbonyl (C=O) groups excluding carboxylic acids is 1. The molecule has 0 unspecified atom stereocenters. The van der Waals surface area contributed by atoms with Crippen molar-refractivity contribution < 1.29 is 18.1 Å². The van der Waals surface area contributed by atoms with E-state index in [9.17, 15) is 23.3 Å². The van der Waals surface area contributed by atoms with Gasteiger partial charge >= 0.3 is 0 Å². The molecule has 2 aliphatic rings. The maximum absolute atomic E-state index is 13.1. The molecule has 1 saturated heterocycles. The molecule has 1 heterocycles. The summed E-state index contributed by atoms with van der Waals surface area (Å²) >= 11 is 0. The number of aryl methyl sites for hydroxylation is 3. The first kappa shape index (κ1) is 22.4. The summed E-state index contributed by atoms with van der Waals surface area (Å²) in [6.45, 7) is 2.31. The molecule has 0 radical (unpaired) electrons. The minimum absolute atomic E-state index is 0.0862. The highest BCUT2D eigenvalue weighted by molar-refractivity contribution is 7.89. The predicted octanol–water partition coefficient (Wildman–Crippen LogP) is 3.82. The van der Waals surface area contributed by atoms with Crippen molar-refractivity contribution >= 4 is 27.3 Å². The largest absolute Gasteiger partial charge is 0.325 e. The molecule has 1 aliphatic heterocycles. The molecule has 2 aromatic carbocycles. The molecule has 0 aromatic heterocycles. The van der Waals surface area contributed by atoms with Crippen LogP contribution in [-0.2, 0) is 27.7 Å². The number of rotatable bonds is 5. The number of nitrogens with zero attached hydrogens (tertiary/aromatic N) is 2. The van der Waals surface area contributed by atoms with Gasteiger partial charge in [0.05, 0.1) is 15.5 Å². The van der Waals surface area contributed by atoms with E-state index in [0.717, 1.165) is 36.8 Å². The van der Waals surface area contributed by atoms with E-state index in [0.29, 0.717) is 23.4 Å². The molecular weight excluding hydrogens is 430 g/mol. The van der Waals surface area contributed by atoms with E-state index in [1.165, 1.54) is 22.0 Å². The van der Waals surface area contributed by atoms with Crippen LogP contribution in [0.5, 0.6) is 0 Å². The first-order valence-electron chi connectivity index (χ1n) is 10.9. The van der Waals surface area contributed by atoms with Gasteiger partial charge in [-0.2, -0.15) is 4.31 Å². The van der Waals surface area contributed by atoms with E-state index in [1.54, 1.807) is 19.1 Å². The molecule has 8 nitrogen and oxygen atoms in total. The van der Waals surface area contributed by atoms with Crippen LogP contribution in [0.2, 0.25) is 0 Å². The molecule has 9 heteroatoms. The lowest BCUT2D eigenvalue weighted by molar-refractivity contribution is -0.384. The van der Waals surface area contributed by atoms with Crippen LogP contribution in [0.15, 0.2) is 41.3 Å². The highest BCUT2D eigenvalue weighted by Gasteiger charge is 2.32. The summed E-state index contributed by atoms with van der Waals surface area (Å²) in [6, 6.07) is 9.79. The van der Waals surface area contributed by atoms with Crippen LogP contribution >= 0.6 is 0 Å². The standard InChI is InChI=1S/C23H27N3O5S/c1-16-6-8-20(26(28)29)15-22(16)24-23(27)18-10-12-25(13-11-18)32(30,31)21-9-7-17-4-2-3-5-19(17)14-21/h6-9,14-15,18H,2-5,10-13H2,1H3,(H,24,27). The molecule has 0 spiro atoms. The van der Waals surface area contributed by atoms with E-state index in [-0.39, 0.29) is 30.6 Å². The van der Waals surface area contributed by atoms with Gasteiger partial charge in [0.2, 0.25) is 15.9 Å². The Kier molecular flexibility index (Phi) is 6.30. The van der Waals surface area contributed by atoms with Gasteiger partial charge in [-0.1, -0.05) is 12.1 Å². The van der Waals surface area contributed by atoms with Crippen molar-refractivity contribution in [1.82, 2.24) is 4.31 Å². The highest BCUT2D eigenvalue weighted by Crippen LogP contribution is 2.29. The Morgan fingerprint density at radius 2 is 1.75 bits per heavy atom. The number of benzene rings is 2. The van der Waals surface area contributed by atoms with Crippen LogP contribution in [0.3, 0.4) is 0 Å². The van der Waals surface area contributed by atoms with Crippen LogP contribution in [0, 0.1) is 23.0 Å². The Morgan fingerprint density at radius 1 is 1.06 bits per heavy atom. The zero-order valence-corrected chi connectivity index (χ0v) is 18.9. The Balaban J connectivity index is 1.41. The highest BCUT2D eigenvalue weighted by atomic mass is 32.2. The smallest absolute Gasteiger partial charge is 0.271 e. The van der Waals surface area contributed by atoms with Gasteiger partial charge in [0.25, 0.3) is 5.69 Å². The van der Waals surface area contributed by atoms with E-state index >= 15 is 0 Å². The Labute approximate surface area is 187 Å². The van der Waals surface area contributed by atoms with Crippen molar-refractivity contribution in [2.45, 2.75) is 50.3 Å². The number of carbonyl (C=O) groups is 1. The zero-order valence-electron chi connectivity index (χ0n) is 18.0. The third-order valence-electron chi connectivity index (χ3n) is 6.47. The number of nitrogens with one attached hydrogen (secondary N) is 1. The lowest BCUT2D eigenvalue weighted by Crippen LogP contribution is -2.41. The predicted molar refractivity (Wildman–Crippen MR) is 121 cm³/mol. The summed E-state index contributed by atoms with van der Waals surface area (Å²) in [5, 5.41) is 13.8. The molecule has 0 saturated carbocycles. The van der Waals surface area contributed by atoms with Crippen LogP contribution in [0.25, 0.3) is 0 Å². The summed E-state index contributed by atoms with van der Waals surface area (Å²) < 4.78 is 27.8. The average Bonchev–Trinajstić information content (AvgIpc) is 2.80. The third-order valence-corrected chi connectivity index (χ3v) is 8.37. The SMILES string of the molecule is Cc1ccc([N+](=O)[O-])cc1NC(=O)C1CCN(S(=O)(=O)c2ccc3c(c2)CCCC3)CC1. The number of nitro benzene ring substituents is 1. The molecule has 1 N–H and O–H groups in total. The molecule has 0 atom stereocenters. The molecule has 4 rings (SSSR count). The third kappa shape index (κ3) is 4.54. The number of amides is 1. The van der Waals surface area contributed by atoms with Crippen molar-refractivity contribution in [3.63, 3.8) is 0 Å². The van der Waals surface area contributed by atoms with Gasteiger partial charge < -0.3 is 5.32 Å². The van der Waals surface area contributed by atoms with Crippen molar-refractivity contribution in [3.8, 4) is 0 Å². The van der Waals surface area contributed by atoms with Crippen molar-refractivity contribution in [1.29, 1.82) is 0 Å². The molecule has 1 fully saturated rings. The second-order valence-corrected chi connectivity index (χ2v) is 10.5. The number of piperidine rings is 1. The Bertz CT molecular complexity index is 1150. The van der Waals surface area contributed by atoms with Crippen molar-refractivity contribution in [2.24, 2.45) is 5.92 Å². The van der Waals surface area contributed by atoms with Gasteiger partial charge in [-0.25, -0.2) is 8.42 Å². The maximum atomic E-state index is 13.1. The number of hydrogen-bond donors (Lipinski definition) is 1. The molecule has 2 aromatic rings. The van der Waals surface area contributed by atoms with E-state index < -0.39 is 14.9 Å². The number of non-ortho nitro benzene ring substituents is 1.